The normalized spacial score (nSPS) is 23.0. The maximum Gasteiger partial charge on any atom is 0.227 e. The Morgan fingerprint density at radius 1 is 1.41 bits per heavy atom. The highest BCUT2D eigenvalue weighted by molar-refractivity contribution is 7.92. The molecule has 1 atom stereocenters. The van der Waals surface area contributed by atoms with Crippen LogP contribution in [0.25, 0.3) is 0 Å². The molecular formula is C17H21N7O2S. The SMILES string of the molecule is CS(=O)(=O)C1(C#N)CCCN(c2nccc(Nc3cc(C4CC4)[nH]n3)n2)C1. The zero-order valence-electron chi connectivity index (χ0n) is 15.0. The Labute approximate surface area is 157 Å². The lowest BCUT2D eigenvalue weighted by atomic mass is 9.99. The van der Waals surface area contributed by atoms with Crippen LogP contribution < -0.4 is 10.2 Å². The summed E-state index contributed by atoms with van der Waals surface area (Å²) in [6.45, 7) is 0.677. The van der Waals surface area contributed by atoms with Crippen molar-refractivity contribution in [2.45, 2.75) is 36.3 Å². The van der Waals surface area contributed by atoms with Gasteiger partial charge in [-0.25, -0.2) is 13.4 Å². The van der Waals surface area contributed by atoms with E-state index in [2.05, 4.69) is 25.5 Å². The number of H-pyrrole nitrogens is 1. The third-order valence-corrected chi connectivity index (χ3v) is 7.01. The third-order valence-electron chi connectivity index (χ3n) is 5.17. The second kappa shape index (κ2) is 6.49. The number of anilines is 3. The number of nitrogens with one attached hydrogen (secondary N) is 2. The van der Waals surface area contributed by atoms with Gasteiger partial charge in [-0.2, -0.15) is 15.3 Å². The molecule has 27 heavy (non-hydrogen) atoms. The fourth-order valence-electron chi connectivity index (χ4n) is 3.38. The van der Waals surface area contributed by atoms with Gasteiger partial charge in [0, 0.05) is 36.7 Å². The van der Waals surface area contributed by atoms with Crippen molar-refractivity contribution in [3.05, 3.63) is 24.0 Å². The van der Waals surface area contributed by atoms with Crippen molar-refractivity contribution in [1.82, 2.24) is 20.2 Å². The van der Waals surface area contributed by atoms with Gasteiger partial charge in [-0.05, 0) is 31.7 Å². The summed E-state index contributed by atoms with van der Waals surface area (Å²) in [6, 6.07) is 5.72. The molecule has 1 aliphatic carbocycles. The molecule has 0 bridgehead atoms. The van der Waals surface area contributed by atoms with E-state index in [1.165, 1.54) is 12.8 Å². The van der Waals surface area contributed by atoms with E-state index >= 15 is 0 Å². The molecule has 2 aromatic heterocycles. The van der Waals surface area contributed by atoms with Crippen LogP contribution in [-0.4, -0.2) is 52.7 Å². The Morgan fingerprint density at radius 3 is 2.93 bits per heavy atom. The second-order valence-corrected chi connectivity index (χ2v) is 9.58. The van der Waals surface area contributed by atoms with Crippen LogP contribution in [-0.2, 0) is 9.84 Å². The average molecular weight is 387 g/mol. The van der Waals surface area contributed by atoms with Crippen molar-refractivity contribution in [3.8, 4) is 6.07 Å². The quantitative estimate of drug-likeness (QED) is 0.794. The summed E-state index contributed by atoms with van der Waals surface area (Å²) in [5.41, 5.74) is 1.12. The number of nitrogens with zero attached hydrogens (tertiary/aromatic N) is 5. The van der Waals surface area contributed by atoms with E-state index in [9.17, 15) is 13.7 Å². The fourth-order valence-corrected chi connectivity index (χ4v) is 4.45. The van der Waals surface area contributed by atoms with Gasteiger partial charge in [-0.15, -0.1) is 0 Å². The Hall–Kier alpha value is -2.67. The Bertz CT molecular complexity index is 993. The molecular weight excluding hydrogens is 366 g/mol. The molecule has 0 radical (unpaired) electrons. The molecule has 9 nitrogen and oxygen atoms in total. The molecule has 3 heterocycles. The van der Waals surface area contributed by atoms with Gasteiger partial charge in [-0.1, -0.05) is 0 Å². The summed E-state index contributed by atoms with van der Waals surface area (Å²) in [5.74, 6) is 2.24. The lowest BCUT2D eigenvalue weighted by Gasteiger charge is -2.36. The average Bonchev–Trinajstić information content (AvgIpc) is 3.41. The molecule has 0 amide bonds. The van der Waals surface area contributed by atoms with E-state index in [0.29, 0.717) is 42.9 Å². The van der Waals surface area contributed by atoms with Crippen LogP contribution in [0, 0.1) is 11.3 Å². The van der Waals surface area contributed by atoms with Crippen molar-refractivity contribution >= 4 is 27.4 Å². The van der Waals surface area contributed by atoms with Gasteiger partial charge < -0.3 is 10.2 Å². The summed E-state index contributed by atoms with van der Waals surface area (Å²) in [4.78, 5) is 10.5. The van der Waals surface area contributed by atoms with E-state index in [1.807, 2.05) is 12.1 Å². The third kappa shape index (κ3) is 3.47. The number of hydrogen-bond acceptors (Lipinski definition) is 8. The van der Waals surface area contributed by atoms with Crippen molar-refractivity contribution in [3.63, 3.8) is 0 Å². The molecule has 1 aliphatic heterocycles. The highest BCUT2D eigenvalue weighted by atomic mass is 32.2. The molecule has 2 aliphatic rings. The minimum atomic E-state index is -3.52. The summed E-state index contributed by atoms with van der Waals surface area (Å²) in [5, 5.41) is 20.0. The highest BCUT2D eigenvalue weighted by Crippen LogP contribution is 2.39. The maximum absolute atomic E-state index is 12.2. The van der Waals surface area contributed by atoms with Crippen molar-refractivity contribution in [2.75, 3.05) is 29.6 Å². The summed E-state index contributed by atoms with van der Waals surface area (Å²) >= 11 is 0. The van der Waals surface area contributed by atoms with Crippen LogP contribution in [0.4, 0.5) is 17.6 Å². The minimum Gasteiger partial charge on any atom is -0.338 e. The van der Waals surface area contributed by atoms with Crippen molar-refractivity contribution < 1.29 is 8.42 Å². The van der Waals surface area contributed by atoms with Crippen LogP contribution in [0.2, 0.25) is 0 Å². The van der Waals surface area contributed by atoms with E-state index in [-0.39, 0.29) is 6.54 Å². The number of aromatic amines is 1. The Balaban J connectivity index is 1.53. The predicted octanol–water partition coefficient (Wildman–Crippen LogP) is 1.73. The molecule has 1 saturated heterocycles. The number of nitriles is 1. The van der Waals surface area contributed by atoms with Gasteiger partial charge in [0.2, 0.25) is 5.95 Å². The second-order valence-electron chi connectivity index (χ2n) is 7.25. The van der Waals surface area contributed by atoms with Gasteiger partial charge in [-0.3, -0.25) is 5.10 Å². The number of rotatable bonds is 5. The first-order chi connectivity index (χ1) is 12.9. The summed E-state index contributed by atoms with van der Waals surface area (Å²) in [6.07, 6.45) is 6.03. The van der Waals surface area contributed by atoms with Gasteiger partial charge >= 0.3 is 0 Å². The van der Waals surface area contributed by atoms with Crippen LogP contribution >= 0.6 is 0 Å². The lowest BCUT2D eigenvalue weighted by molar-refractivity contribution is 0.481. The number of hydrogen-bond donors (Lipinski definition) is 2. The molecule has 0 spiro atoms. The number of sulfone groups is 1. The van der Waals surface area contributed by atoms with E-state index in [0.717, 1.165) is 11.9 Å². The zero-order valence-corrected chi connectivity index (χ0v) is 15.8. The smallest absolute Gasteiger partial charge is 0.227 e. The number of piperidine rings is 1. The first-order valence-electron chi connectivity index (χ1n) is 8.91. The van der Waals surface area contributed by atoms with E-state index in [1.54, 1.807) is 17.2 Å². The molecule has 0 aromatic carbocycles. The van der Waals surface area contributed by atoms with Crippen LogP contribution in [0.5, 0.6) is 0 Å². The standard InChI is InChI=1S/C17H21N7O2S/c1-27(25,26)17(10-18)6-2-8-24(11-17)16-19-7-5-14(21-16)20-15-9-13(22-23-15)12-3-4-12/h5,7,9,12H,2-4,6,8,11H2,1H3,(H2,19,20,21,22,23). The van der Waals surface area contributed by atoms with E-state index in [4.69, 9.17) is 0 Å². The molecule has 1 saturated carbocycles. The molecule has 1 unspecified atom stereocenters. The molecule has 142 valence electrons. The summed E-state index contributed by atoms with van der Waals surface area (Å²) < 4.78 is 22.9. The predicted molar refractivity (Wildman–Crippen MR) is 101 cm³/mol. The maximum atomic E-state index is 12.2. The first-order valence-corrected chi connectivity index (χ1v) is 10.8. The molecule has 4 rings (SSSR count). The van der Waals surface area contributed by atoms with Crippen LogP contribution in [0.1, 0.15) is 37.3 Å². The Morgan fingerprint density at radius 2 is 2.22 bits per heavy atom. The van der Waals surface area contributed by atoms with Gasteiger partial charge in [0.1, 0.15) is 5.82 Å². The Kier molecular flexibility index (Phi) is 4.26. The van der Waals surface area contributed by atoms with Gasteiger partial charge in [0.25, 0.3) is 0 Å². The molecule has 2 N–H and O–H groups in total. The topological polar surface area (TPSA) is 128 Å². The van der Waals surface area contributed by atoms with Gasteiger partial charge in [0.05, 0.1) is 12.6 Å². The molecule has 10 heteroatoms. The van der Waals surface area contributed by atoms with Crippen LogP contribution in [0.3, 0.4) is 0 Å². The highest BCUT2D eigenvalue weighted by Gasteiger charge is 2.45. The van der Waals surface area contributed by atoms with Crippen molar-refractivity contribution in [2.24, 2.45) is 0 Å². The summed E-state index contributed by atoms with van der Waals surface area (Å²) in [7, 11) is -3.52. The first kappa shape index (κ1) is 17.7. The van der Waals surface area contributed by atoms with Crippen molar-refractivity contribution in [1.29, 1.82) is 5.26 Å². The molecule has 2 aromatic rings. The van der Waals surface area contributed by atoms with E-state index < -0.39 is 14.6 Å². The fraction of sp³-hybridized carbons (Fsp3) is 0.529. The lowest BCUT2D eigenvalue weighted by Crippen LogP contribution is -2.52. The van der Waals surface area contributed by atoms with Gasteiger partial charge in [0.15, 0.2) is 20.4 Å². The monoisotopic (exact) mass is 387 g/mol. The molecule has 2 fully saturated rings. The largest absolute Gasteiger partial charge is 0.338 e. The zero-order chi connectivity index (χ0) is 19.1. The minimum absolute atomic E-state index is 0.0695. The van der Waals surface area contributed by atoms with Crippen LogP contribution in [0.15, 0.2) is 18.3 Å². The number of aromatic nitrogens is 4.